The number of rotatable bonds is 4. The van der Waals surface area contributed by atoms with Gasteiger partial charge in [-0.15, -0.1) is 0 Å². The molecule has 0 unspecified atom stereocenters. The van der Waals surface area contributed by atoms with Crippen LogP contribution in [0.3, 0.4) is 0 Å². The lowest BCUT2D eigenvalue weighted by Crippen LogP contribution is -2.38. The van der Waals surface area contributed by atoms with Crippen LogP contribution in [-0.2, 0) is 23.8 Å². The number of benzene rings is 1. The van der Waals surface area contributed by atoms with Crippen LogP contribution < -0.4 is 4.90 Å². The maximum absolute atomic E-state index is 12.5. The third kappa shape index (κ3) is 3.48. The number of nitrogens with zero attached hydrogens (tertiary/aromatic N) is 2. The molecular formula is C22H20N2O5. The summed E-state index contributed by atoms with van der Waals surface area (Å²) in [5.74, 6) is -1.24. The molecular weight excluding hydrogens is 372 g/mol. The minimum absolute atomic E-state index is 0.0157. The van der Waals surface area contributed by atoms with Gasteiger partial charge in [0.2, 0.25) is 0 Å². The molecule has 1 aliphatic heterocycles. The molecule has 3 heterocycles. The van der Waals surface area contributed by atoms with Gasteiger partial charge in [0.1, 0.15) is 12.4 Å². The number of anilines is 1. The molecule has 0 spiro atoms. The highest BCUT2D eigenvalue weighted by molar-refractivity contribution is 6.03. The Morgan fingerprint density at radius 3 is 2.55 bits per heavy atom. The van der Waals surface area contributed by atoms with Crippen molar-refractivity contribution < 1.29 is 23.8 Å². The van der Waals surface area contributed by atoms with E-state index in [-0.39, 0.29) is 24.6 Å². The summed E-state index contributed by atoms with van der Waals surface area (Å²) in [5.41, 5.74) is 4.06. The molecule has 3 aromatic rings. The van der Waals surface area contributed by atoms with Crippen molar-refractivity contribution in [2.45, 2.75) is 0 Å². The van der Waals surface area contributed by atoms with Crippen LogP contribution in [0.2, 0.25) is 0 Å². The maximum atomic E-state index is 12.5. The molecule has 29 heavy (non-hydrogen) atoms. The molecule has 0 bridgehead atoms. The molecule has 148 valence electrons. The van der Waals surface area contributed by atoms with Gasteiger partial charge in [-0.3, -0.25) is 0 Å². The molecule has 0 saturated carbocycles. The van der Waals surface area contributed by atoms with Gasteiger partial charge in [0.25, 0.3) is 0 Å². The van der Waals surface area contributed by atoms with Gasteiger partial charge >= 0.3 is 11.9 Å². The zero-order valence-electron chi connectivity index (χ0n) is 16.1. The van der Waals surface area contributed by atoms with Crippen molar-refractivity contribution >= 4 is 23.1 Å². The van der Waals surface area contributed by atoms with Gasteiger partial charge in [-0.2, -0.15) is 0 Å². The summed E-state index contributed by atoms with van der Waals surface area (Å²) < 4.78 is 17.3. The van der Waals surface area contributed by atoms with Crippen LogP contribution in [0.4, 0.5) is 5.69 Å². The van der Waals surface area contributed by atoms with Crippen LogP contribution >= 0.6 is 0 Å². The second-order valence-electron chi connectivity index (χ2n) is 6.53. The van der Waals surface area contributed by atoms with E-state index < -0.39 is 11.9 Å². The van der Waals surface area contributed by atoms with E-state index in [0.29, 0.717) is 5.69 Å². The summed E-state index contributed by atoms with van der Waals surface area (Å²) in [6, 6.07) is 15.8. The van der Waals surface area contributed by atoms with E-state index in [0.717, 1.165) is 16.6 Å². The zero-order valence-corrected chi connectivity index (χ0v) is 16.1. The number of esters is 2. The smallest absolute Gasteiger partial charge is 0.355 e. The first-order valence-electron chi connectivity index (χ1n) is 9.04. The lowest BCUT2D eigenvalue weighted by Gasteiger charge is -2.31. The van der Waals surface area contributed by atoms with E-state index >= 15 is 0 Å². The van der Waals surface area contributed by atoms with Gasteiger partial charge in [0, 0.05) is 29.2 Å². The normalized spacial score (nSPS) is 14.2. The third-order valence-electron chi connectivity index (χ3n) is 4.83. The highest BCUT2D eigenvalue weighted by atomic mass is 16.5. The number of carbonyl (C=O) groups excluding carboxylic acids is 2. The van der Waals surface area contributed by atoms with Crippen LogP contribution in [0.25, 0.3) is 16.6 Å². The van der Waals surface area contributed by atoms with Crippen molar-refractivity contribution in [3.8, 4) is 11.1 Å². The van der Waals surface area contributed by atoms with Gasteiger partial charge in [0.05, 0.1) is 26.4 Å². The Morgan fingerprint density at radius 1 is 0.966 bits per heavy atom. The number of ether oxygens (including phenoxy) is 3. The third-order valence-corrected chi connectivity index (χ3v) is 4.83. The van der Waals surface area contributed by atoms with Crippen molar-refractivity contribution in [3.05, 3.63) is 72.2 Å². The number of hydrogen-bond donors (Lipinski definition) is 0. The van der Waals surface area contributed by atoms with E-state index in [1.807, 2.05) is 59.3 Å². The average molecular weight is 392 g/mol. The Morgan fingerprint density at radius 2 is 1.79 bits per heavy atom. The van der Waals surface area contributed by atoms with Crippen LogP contribution in [0, 0.1) is 0 Å². The molecule has 1 aromatic carbocycles. The van der Waals surface area contributed by atoms with Crippen molar-refractivity contribution in [1.29, 1.82) is 0 Å². The van der Waals surface area contributed by atoms with Crippen LogP contribution in [0.5, 0.6) is 0 Å². The maximum Gasteiger partial charge on any atom is 0.355 e. The fourth-order valence-electron chi connectivity index (χ4n) is 3.41. The second kappa shape index (κ2) is 7.81. The molecule has 4 rings (SSSR count). The number of fused-ring (bicyclic) bond motifs is 1. The Hall–Kier alpha value is -3.58. The van der Waals surface area contributed by atoms with Gasteiger partial charge in [-0.05, 0) is 35.9 Å². The first kappa shape index (κ1) is 18.8. The molecule has 0 atom stereocenters. The first-order valence-corrected chi connectivity index (χ1v) is 9.04. The summed E-state index contributed by atoms with van der Waals surface area (Å²) in [6.07, 6.45) is 4.03. The van der Waals surface area contributed by atoms with Crippen LogP contribution in [0.1, 0.15) is 0 Å². The van der Waals surface area contributed by atoms with Gasteiger partial charge in [-0.1, -0.05) is 18.2 Å². The van der Waals surface area contributed by atoms with Crippen molar-refractivity contribution in [1.82, 2.24) is 4.40 Å². The Bertz CT molecular complexity index is 1080. The summed E-state index contributed by atoms with van der Waals surface area (Å²) in [6.45, 7) is 0.101. The number of pyridine rings is 1. The number of hydrogen-bond acceptors (Lipinski definition) is 6. The molecule has 0 aliphatic carbocycles. The number of methoxy groups -OCH3 is 2. The monoisotopic (exact) mass is 392 g/mol. The quantitative estimate of drug-likeness (QED) is 0.636. The van der Waals surface area contributed by atoms with Crippen LogP contribution in [-0.4, -0.2) is 43.9 Å². The predicted molar refractivity (Wildman–Crippen MR) is 107 cm³/mol. The molecule has 0 amide bonds. The van der Waals surface area contributed by atoms with E-state index in [2.05, 4.69) is 6.07 Å². The largest absolute Gasteiger partial charge is 0.466 e. The molecule has 0 N–H and O–H groups in total. The van der Waals surface area contributed by atoms with E-state index in [1.54, 1.807) is 4.90 Å². The second-order valence-corrected chi connectivity index (χ2v) is 6.53. The molecule has 2 aromatic heterocycles. The summed E-state index contributed by atoms with van der Waals surface area (Å²) in [4.78, 5) is 26.3. The molecule has 0 fully saturated rings. The highest BCUT2D eigenvalue weighted by Crippen LogP contribution is 2.31. The Kier molecular flexibility index (Phi) is 5.05. The molecule has 7 heteroatoms. The summed E-state index contributed by atoms with van der Waals surface area (Å²) in [5, 5.41) is 0. The fraction of sp³-hybridized carbons (Fsp3) is 0.182. The Labute approximate surface area is 167 Å². The number of carbonyl (C=O) groups is 2. The van der Waals surface area contributed by atoms with Crippen LogP contribution in [0.15, 0.2) is 72.2 Å². The van der Waals surface area contributed by atoms with E-state index in [4.69, 9.17) is 14.2 Å². The van der Waals surface area contributed by atoms with E-state index in [1.165, 1.54) is 14.2 Å². The number of aromatic nitrogens is 1. The minimum atomic E-state index is -0.620. The van der Waals surface area contributed by atoms with Gasteiger partial charge < -0.3 is 23.5 Å². The van der Waals surface area contributed by atoms with Gasteiger partial charge in [-0.25, -0.2) is 9.59 Å². The minimum Gasteiger partial charge on any atom is -0.466 e. The van der Waals surface area contributed by atoms with Crippen molar-refractivity contribution in [3.63, 3.8) is 0 Å². The first-order chi connectivity index (χ1) is 14.1. The zero-order chi connectivity index (χ0) is 20.4. The average Bonchev–Trinajstić information content (AvgIpc) is 3.22. The fourth-order valence-corrected chi connectivity index (χ4v) is 3.41. The molecule has 0 radical (unpaired) electrons. The highest BCUT2D eigenvalue weighted by Gasteiger charge is 2.32. The van der Waals surface area contributed by atoms with Gasteiger partial charge in [0.15, 0.2) is 0 Å². The summed E-state index contributed by atoms with van der Waals surface area (Å²) in [7, 11) is 2.54. The van der Waals surface area contributed by atoms with E-state index in [9.17, 15) is 9.59 Å². The van der Waals surface area contributed by atoms with Crippen molar-refractivity contribution in [2.24, 2.45) is 0 Å². The molecule has 7 nitrogen and oxygen atoms in total. The summed E-state index contributed by atoms with van der Waals surface area (Å²) >= 11 is 0. The molecule has 1 aliphatic rings. The van der Waals surface area contributed by atoms with Crippen molar-refractivity contribution in [2.75, 3.05) is 32.5 Å². The Balaban J connectivity index is 1.78. The lowest BCUT2D eigenvalue weighted by molar-refractivity contribution is -0.140. The lowest BCUT2D eigenvalue weighted by atomic mass is 10.1. The topological polar surface area (TPSA) is 69.5 Å². The SMILES string of the molecule is COC(=O)C1=C(C(=O)OC)N(c2cccc(-c3cc4ccccn4c3)c2)COC1. The predicted octanol–water partition coefficient (Wildman–Crippen LogP) is 3.00. The molecule has 0 saturated heterocycles. The standard InChI is InChI=1S/C22H20N2O5/c1-27-21(25)19-13-29-14-24(20(19)22(26)28-2)18-8-5-6-15(10-18)16-11-17-7-3-4-9-23(17)12-16/h3-12H,13-14H2,1-2H3.